The minimum Gasteiger partial charge on any atom is -0.328 e. The summed E-state index contributed by atoms with van der Waals surface area (Å²) in [6.07, 6.45) is -15.7. The van der Waals surface area contributed by atoms with Crippen LogP contribution in [0.2, 0.25) is 0 Å². The van der Waals surface area contributed by atoms with E-state index in [1.807, 2.05) is 0 Å². The SMILES string of the molecule is CC(=O)[C@@H](CCC(F)(F)F)[C@@H](CCC(F)(F)F)C(=O)N[C@H]1N=C(c2ccccc2)c2ccccc2CC1=O. The molecule has 0 fully saturated rings. The Balaban J connectivity index is 1.96. The number of rotatable bonds is 9. The van der Waals surface area contributed by atoms with Gasteiger partial charge in [-0.15, -0.1) is 0 Å². The van der Waals surface area contributed by atoms with E-state index in [1.165, 1.54) is 0 Å². The average molecular weight is 541 g/mol. The number of carbonyl (C=O) groups excluding carboxylic acids is 3. The van der Waals surface area contributed by atoms with Crippen molar-refractivity contribution in [2.75, 3.05) is 0 Å². The van der Waals surface area contributed by atoms with Gasteiger partial charge in [0.15, 0.2) is 11.9 Å². The van der Waals surface area contributed by atoms with Gasteiger partial charge in [-0.25, -0.2) is 0 Å². The van der Waals surface area contributed by atoms with Crippen LogP contribution in [0.4, 0.5) is 26.3 Å². The van der Waals surface area contributed by atoms with E-state index < -0.39 is 73.5 Å². The molecule has 5 nitrogen and oxygen atoms in total. The quantitative estimate of drug-likeness (QED) is 0.421. The van der Waals surface area contributed by atoms with Crippen molar-refractivity contribution < 1.29 is 40.7 Å². The summed E-state index contributed by atoms with van der Waals surface area (Å²) in [5.41, 5.74) is 2.24. The molecule has 3 rings (SSSR count). The van der Waals surface area contributed by atoms with Crippen molar-refractivity contribution in [1.29, 1.82) is 0 Å². The van der Waals surface area contributed by atoms with Crippen LogP contribution in [0, 0.1) is 11.8 Å². The Bertz CT molecular complexity index is 1190. The molecule has 0 aliphatic carbocycles. The second-order valence-electron chi connectivity index (χ2n) is 9.19. The molecule has 0 saturated carbocycles. The molecule has 2 aromatic rings. The summed E-state index contributed by atoms with van der Waals surface area (Å²) in [5.74, 6) is -5.87. The van der Waals surface area contributed by atoms with Crippen LogP contribution in [0.5, 0.6) is 0 Å². The lowest BCUT2D eigenvalue weighted by molar-refractivity contribution is -0.152. The first-order chi connectivity index (χ1) is 17.7. The number of ketones is 2. The molecular weight excluding hydrogens is 514 g/mol. The third-order valence-electron chi connectivity index (χ3n) is 6.35. The van der Waals surface area contributed by atoms with E-state index in [-0.39, 0.29) is 6.42 Å². The minimum absolute atomic E-state index is 0.140. The van der Waals surface area contributed by atoms with E-state index in [1.54, 1.807) is 54.6 Å². The molecule has 3 atom stereocenters. The predicted octanol–water partition coefficient (Wildman–Crippen LogP) is 5.60. The molecule has 1 N–H and O–H groups in total. The van der Waals surface area contributed by atoms with Crippen LogP contribution in [0.3, 0.4) is 0 Å². The number of nitrogens with zero attached hydrogens (tertiary/aromatic N) is 1. The van der Waals surface area contributed by atoms with E-state index in [9.17, 15) is 40.7 Å². The lowest BCUT2D eigenvalue weighted by Crippen LogP contribution is -2.46. The van der Waals surface area contributed by atoms with E-state index in [4.69, 9.17) is 0 Å². The molecule has 0 bridgehead atoms. The van der Waals surface area contributed by atoms with Crippen LogP contribution in [-0.4, -0.2) is 41.7 Å². The minimum atomic E-state index is -4.71. The fourth-order valence-electron chi connectivity index (χ4n) is 4.48. The van der Waals surface area contributed by atoms with Gasteiger partial charge in [0.05, 0.1) is 5.71 Å². The first-order valence-corrected chi connectivity index (χ1v) is 11.9. The van der Waals surface area contributed by atoms with Gasteiger partial charge in [-0.1, -0.05) is 54.6 Å². The summed E-state index contributed by atoms with van der Waals surface area (Å²) >= 11 is 0. The van der Waals surface area contributed by atoms with Gasteiger partial charge in [0.25, 0.3) is 0 Å². The summed E-state index contributed by atoms with van der Waals surface area (Å²) in [5, 5.41) is 2.34. The molecule has 0 radical (unpaired) electrons. The largest absolute Gasteiger partial charge is 0.389 e. The number of alkyl halides is 6. The van der Waals surface area contributed by atoms with Gasteiger partial charge < -0.3 is 5.32 Å². The third kappa shape index (κ3) is 8.00. The second kappa shape index (κ2) is 11.9. The van der Waals surface area contributed by atoms with Gasteiger partial charge >= 0.3 is 12.4 Å². The number of fused-ring (bicyclic) bond motifs is 1. The second-order valence-corrected chi connectivity index (χ2v) is 9.19. The maximum Gasteiger partial charge on any atom is 0.389 e. The molecule has 38 heavy (non-hydrogen) atoms. The number of aliphatic imine (C=N–C) groups is 1. The van der Waals surface area contributed by atoms with E-state index in [0.29, 0.717) is 22.4 Å². The molecule has 204 valence electrons. The van der Waals surface area contributed by atoms with Crippen LogP contribution in [0.1, 0.15) is 49.3 Å². The predicted molar refractivity (Wildman–Crippen MR) is 127 cm³/mol. The van der Waals surface area contributed by atoms with Crippen LogP contribution in [0.25, 0.3) is 0 Å². The first kappa shape index (κ1) is 29.1. The summed E-state index contributed by atoms with van der Waals surface area (Å²) < 4.78 is 77.6. The number of nitrogens with one attached hydrogen (secondary N) is 1. The Morgan fingerprint density at radius 3 is 2.03 bits per heavy atom. The molecule has 0 spiro atoms. The van der Waals surface area contributed by atoms with Gasteiger partial charge in [0.2, 0.25) is 5.91 Å². The number of benzene rings is 2. The molecule has 0 saturated heterocycles. The van der Waals surface area contributed by atoms with Crippen molar-refractivity contribution >= 4 is 23.2 Å². The van der Waals surface area contributed by atoms with Crippen molar-refractivity contribution in [3.8, 4) is 0 Å². The van der Waals surface area contributed by atoms with E-state index in [0.717, 1.165) is 6.92 Å². The lowest BCUT2D eigenvalue weighted by atomic mass is 9.81. The van der Waals surface area contributed by atoms with Gasteiger partial charge in [0.1, 0.15) is 5.78 Å². The van der Waals surface area contributed by atoms with Gasteiger partial charge in [-0.05, 0) is 25.3 Å². The maximum atomic E-state index is 13.2. The monoisotopic (exact) mass is 540 g/mol. The molecule has 1 amide bonds. The van der Waals surface area contributed by atoms with Crippen LogP contribution in [-0.2, 0) is 20.8 Å². The zero-order valence-electron chi connectivity index (χ0n) is 20.4. The van der Waals surface area contributed by atoms with E-state index >= 15 is 0 Å². The summed E-state index contributed by atoms with van der Waals surface area (Å²) in [7, 11) is 0. The Morgan fingerprint density at radius 1 is 0.895 bits per heavy atom. The van der Waals surface area contributed by atoms with Crippen LogP contribution >= 0.6 is 0 Å². The maximum absolute atomic E-state index is 13.2. The summed E-state index contributed by atoms with van der Waals surface area (Å²) in [4.78, 5) is 43.0. The van der Waals surface area contributed by atoms with Crippen LogP contribution < -0.4 is 5.32 Å². The number of halogens is 6. The summed E-state index contributed by atoms with van der Waals surface area (Å²) in [6.45, 7) is 0.939. The molecule has 1 aliphatic rings. The Labute approximate surface area is 215 Å². The molecule has 1 heterocycles. The standard InChI is InChI=1S/C27H26F6N2O3/c1-16(36)19(11-13-26(28,29)30)21(12-14-27(31,32)33)25(38)35-24-22(37)15-18-9-5-6-10-20(18)23(34-24)17-7-3-2-4-8-17/h2-10,19,21,24H,11-15H2,1H3,(H,35,38)/t19-,21-,24-/m1/s1. The van der Waals surface area contributed by atoms with Crippen molar-refractivity contribution in [3.05, 3.63) is 71.3 Å². The third-order valence-corrected chi connectivity index (χ3v) is 6.35. The molecule has 0 unspecified atom stereocenters. The highest BCUT2D eigenvalue weighted by molar-refractivity contribution is 6.16. The molecule has 0 aromatic heterocycles. The average Bonchev–Trinajstić information content (AvgIpc) is 2.96. The van der Waals surface area contributed by atoms with Crippen molar-refractivity contribution in [1.82, 2.24) is 5.32 Å². The Morgan fingerprint density at radius 2 is 1.45 bits per heavy atom. The normalized spacial score (nSPS) is 17.6. The Kier molecular flexibility index (Phi) is 9.11. The fraction of sp³-hybridized carbons (Fsp3) is 0.407. The molecule has 1 aliphatic heterocycles. The number of hydrogen-bond acceptors (Lipinski definition) is 4. The van der Waals surface area contributed by atoms with Gasteiger partial charge in [-0.2, -0.15) is 26.3 Å². The summed E-state index contributed by atoms with van der Waals surface area (Å²) in [6, 6.07) is 15.6. The smallest absolute Gasteiger partial charge is 0.328 e. The number of Topliss-reactive ketones (excluding diaryl/α,β-unsaturated/α-hetero) is 2. The van der Waals surface area contributed by atoms with E-state index in [2.05, 4.69) is 10.3 Å². The molecule has 11 heteroatoms. The molecular formula is C27H26F6N2O3. The number of amides is 1. The zero-order chi connectivity index (χ0) is 28.1. The van der Waals surface area contributed by atoms with Gasteiger partial charge in [0, 0.05) is 42.2 Å². The van der Waals surface area contributed by atoms with Crippen molar-refractivity contribution in [2.24, 2.45) is 16.8 Å². The zero-order valence-corrected chi connectivity index (χ0v) is 20.4. The molecule has 2 aromatic carbocycles. The van der Waals surface area contributed by atoms with Gasteiger partial charge in [-0.3, -0.25) is 19.4 Å². The highest BCUT2D eigenvalue weighted by Crippen LogP contribution is 2.33. The van der Waals surface area contributed by atoms with Crippen molar-refractivity contribution in [3.63, 3.8) is 0 Å². The van der Waals surface area contributed by atoms with Crippen LogP contribution in [0.15, 0.2) is 59.6 Å². The fourth-order valence-corrected chi connectivity index (χ4v) is 4.48. The number of carbonyl (C=O) groups is 3. The topological polar surface area (TPSA) is 75.6 Å². The number of hydrogen-bond donors (Lipinski definition) is 1. The highest BCUT2D eigenvalue weighted by Gasteiger charge is 2.40. The lowest BCUT2D eigenvalue weighted by Gasteiger charge is -2.26. The highest BCUT2D eigenvalue weighted by atomic mass is 19.4. The van der Waals surface area contributed by atoms with Crippen molar-refractivity contribution in [2.45, 2.75) is 57.5 Å². The first-order valence-electron chi connectivity index (χ1n) is 11.9. The Hall–Kier alpha value is -3.50.